The minimum Gasteiger partial charge on any atom is -0.404 e. The highest BCUT2D eigenvalue weighted by Gasteiger charge is 2.34. The molecule has 0 aliphatic heterocycles. The number of ether oxygens (including phenoxy) is 1. The van der Waals surface area contributed by atoms with Crippen LogP contribution >= 0.6 is 0 Å². The zero-order chi connectivity index (χ0) is 24.5. The van der Waals surface area contributed by atoms with Crippen molar-refractivity contribution in [1.82, 2.24) is 13.9 Å². The summed E-state index contributed by atoms with van der Waals surface area (Å²) in [5.74, 6) is -1.09. The number of carbonyl (C=O) groups excluding carboxylic acids is 1. The number of aromatic nitrogens is 3. The number of nitrogens with one attached hydrogen (secondary N) is 2. The second-order valence-electron chi connectivity index (χ2n) is 6.97. The lowest BCUT2D eigenvalue weighted by Gasteiger charge is -2.14. The van der Waals surface area contributed by atoms with Gasteiger partial charge in [-0.05, 0) is 36.4 Å². The Kier molecular flexibility index (Phi) is 5.87. The highest BCUT2D eigenvalue weighted by molar-refractivity contribution is 7.90. The van der Waals surface area contributed by atoms with Crippen LogP contribution < -0.4 is 15.4 Å². The molecule has 0 spiro atoms. The fraction of sp³-hybridized carbons (Fsp3) is 0.0952. The number of alkyl halides is 3. The first-order valence-corrected chi connectivity index (χ1v) is 11.1. The molecule has 0 aliphatic carbocycles. The van der Waals surface area contributed by atoms with Crippen molar-refractivity contribution < 1.29 is 31.1 Å². The Morgan fingerprint density at radius 3 is 2.53 bits per heavy atom. The Morgan fingerprint density at radius 2 is 1.79 bits per heavy atom. The standard InChI is InChI=1S/C21H16F3N5O4S/c1-13(30)26-15-5-4-6-16(11-15)27-20-25-12-14-9-10-29(19(14)28-20)34(31,32)18-8-3-2-7-17(18)33-21(22,23)24/h2-12H,1H3,(H,26,30)(H,25,27,28). The van der Waals surface area contributed by atoms with E-state index in [1.807, 2.05) is 0 Å². The fourth-order valence-electron chi connectivity index (χ4n) is 3.13. The predicted molar refractivity (Wildman–Crippen MR) is 117 cm³/mol. The average molecular weight is 491 g/mol. The third kappa shape index (κ3) is 4.93. The van der Waals surface area contributed by atoms with Crippen molar-refractivity contribution in [1.29, 1.82) is 0 Å². The Bertz CT molecular complexity index is 1490. The summed E-state index contributed by atoms with van der Waals surface area (Å²) in [4.78, 5) is 18.9. The molecular formula is C21H16F3N5O4S. The largest absolute Gasteiger partial charge is 0.573 e. The number of hydrogen-bond donors (Lipinski definition) is 2. The number of rotatable bonds is 6. The second kappa shape index (κ2) is 8.67. The third-order valence-corrected chi connectivity index (χ3v) is 6.15. The highest BCUT2D eigenvalue weighted by Crippen LogP contribution is 2.32. The van der Waals surface area contributed by atoms with Gasteiger partial charge in [-0.2, -0.15) is 4.98 Å². The number of halogens is 3. The SMILES string of the molecule is CC(=O)Nc1cccc(Nc2ncc3ccn(S(=O)(=O)c4ccccc4OC(F)(F)F)c3n2)c1. The first kappa shape index (κ1) is 23.0. The van der Waals surface area contributed by atoms with Crippen LogP contribution in [0.25, 0.3) is 11.0 Å². The fourth-order valence-corrected chi connectivity index (χ4v) is 4.56. The van der Waals surface area contributed by atoms with Crippen LogP contribution in [0, 0.1) is 0 Å². The molecule has 9 nitrogen and oxygen atoms in total. The number of amides is 1. The van der Waals surface area contributed by atoms with Crippen LogP contribution in [0.2, 0.25) is 0 Å². The van der Waals surface area contributed by atoms with Gasteiger partial charge in [0.15, 0.2) is 5.65 Å². The predicted octanol–water partition coefficient (Wildman–Crippen LogP) is 4.27. The van der Waals surface area contributed by atoms with Crippen LogP contribution in [0.5, 0.6) is 5.75 Å². The molecule has 0 radical (unpaired) electrons. The van der Waals surface area contributed by atoms with Gasteiger partial charge in [0.05, 0.1) is 0 Å². The Labute approximate surface area is 191 Å². The summed E-state index contributed by atoms with van der Waals surface area (Å²) in [5.41, 5.74) is 0.971. The number of anilines is 3. The van der Waals surface area contributed by atoms with E-state index in [1.165, 1.54) is 37.5 Å². The number of fused-ring (bicyclic) bond motifs is 1. The molecule has 2 N–H and O–H groups in total. The normalized spacial score (nSPS) is 11.9. The zero-order valence-corrected chi connectivity index (χ0v) is 18.2. The van der Waals surface area contributed by atoms with E-state index >= 15 is 0 Å². The van der Waals surface area contributed by atoms with Crippen LogP contribution in [0.15, 0.2) is 71.9 Å². The number of hydrogen-bond acceptors (Lipinski definition) is 7. The number of carbonyl (C=O) groups is 1. The molecule has 0 unspecified atom stereocenters. The van der Waals surface area contributed by atoms with Gasteiger partial charge in [0.25, 0.3) is 10.0 Å². The van der Waals surface area contributed by atoms with Gasteiger partial charge in [-0.1, -0.05) is 18.2 Å². The van der Waals surface area contributed by atoms with Crippen molar-refractivity contribution >= 4 is 44.3 Å². The van der Waals surface area contributed by atoms with Gasteiger partial charge in [0.2, 0.25) is 11.9 Å². The number of benzene rings is 2. The van der Waals surface area contributed by atoms with Gasteiger partial charge in [0, 0.05) is 36.1 Å². The van der Waals surface area contributed by atoms with E-state index in [2.05, 4.69) is 25.3 Å². The Morgan fingerprint density at radius 1 is 1.06 bits per heavy atom. The lowest BCUT2D eigenvalue weighted by atomic mass is 10.2. The van der Waals surface area contributed by atoms with E-state index in [9.17, 15) is 26.4 Å². The van der Waals surface area contributed by atoms with E-state index in [0.717, 1.165) is 16.1 Å². The molecule has 0 fully saturated rings. The molecule has 0 atom stereocenters. The molecule has 0 saturated heterocycles. The molecule has 4 rings (SSSR count). The lowest BCUT2D eigenvalue weighted by molar-refractivity contribution is -0.275. The summed E-state index contributed by atoms with van der Waals surface area (Å²) in [7, 11) is -4.51. The molecule has 2 aromatic heterocycles. The van der Waals surface area contributed by atoms with E-state index in [-0.39, 0.29) is 17.5 Å². The van der Waals surface area contributed by atoms with Crippen LogP contribution in [0.1, 0.15) is 6.92 Å². The van der Waals surface area contributed by atoms with E-state index < -0.39 is 27.0 Å². The smallest absolute Gasteiger partial charge is 0.404 e. The Hall–Kier alpha value is -4.13. The van der Waals surface area contributed by atoms with E-state index in [1.54, 1.807) is 24.3 Å². The summed E-state index contributed by atoms with van der Waals surface area (Å²) in [6.45, 7) is 1.36. The lowest BCUT2D eigenvalue weighted by Crippen LogP contribution is -2.20. The molecule has 1 amide bonds. The van der Waals surface area contributed by atoms with Crippen molar-refractivity contribution in [3.8, 4) is 5.75 Å². The molecule has 0 saturated carbocycles. The topological polar surface area (TPSA) is 115 Å². The first-order chi connectivity index (χ1) is 16.0. The van der Waals surface area contributed by atoms with Crippen molar-refractivity contribution in [2.24, 2.45) is 0 Å². The van der Waals surface area contributed by atoms with Crippen molar-refractivity contribution in [3.05, 3.63) is 67.0 Å². The zero-order valence-electron chi connectivity index (χ0n) is 17.4. The molecule has 4 aromatic rings. The maximum atomic E-state index is 13.2. The summed E-state index contributed by atoms with van der Waals surface area (Å²) in [6.07, 6.45) is -2.54. The van der Waals surface area contributed by atoms with Crippen LogP contribution in [0.4, 0.5) is 30.5 Å². The maximum absolute atomic E-state index is 13.2. The van der Waals surface area contributed by atoms with Crippen molar-refractivity contribution in [3.63, 3.8) is 0 Å². The minimum atomic E-state index is -5.07. The quantitative estimate of drug-likeness (QED) is 0.414. The summed E-state index contributed by atoms with van der Waals surface area (Å²) < 4.78 is 69.5. The molecule has 2 aromatic carbocycles. The maximum Gasteiger partial charge on any atom is 0.573 e. The Balaban J connectivity index is 1.72. The monoisotopic (exact) mass is 491 g/mol. The highest BCUT2D eigenvalue weighted by atomic mass is 32.2. The summed E-state index contributed by atoms with van der Waals surface area (Å²) in [5, 5.41) is 5.88. The number of nitrogens with zero attached hydrogens (tertiary/aromatic N) is 3. The molecule has 176 valence electrons. The molecule has 0 aliphatic rings. The average Bonchev–Trinajstić information content (AvgIpc) is 3.17. The number of para-hydroxylation sites is 1. The molecule has 2 heterocycles. The van der Waals surface area contributed by atoms with Gasteiger partial charge in [0.1, 0.15) is 10.6 Å². The molecule has 0 bridgehead atoms. The summed E-state index contributed by atoms with van der Waals surface area (Å²) >= 11 is 0. The molecule has 34 heavy (non-hydrogen) atoms. The van der Waals surface area contributed by atoms with Gasteiger partial charge in [-0.25, -0.2) is 17.4 Å². The van der Waals surface area contributed by atoms with Crippen LogP contribution in [-0.4, -0.2) is 34.6 Å². The van der Waals surface area contributed by atoms with E-state index in [4.69, 9.17) is 0 Å². The van der Waals surface area contributed by atoms with E-state index in [0.29, 0.717) is 16.8 Å². The van der Waals surface area contributed by atoms with Crippen molar-refractivity contribution in [2.75, 3.05) is 10.6 Å². The van der Waals surface area contributed by atoms with Crippen molar-refractivity contribution in [2.45, 2.75) is 18.2 Å². The van der Waals surface area contributed by atoms with Crippen LogP contribution in [0.3, 0.4) is 0 Å². The van der Waals surface area contributed by atoms with Gasteiger partial charge < -0.3 is 15.4 Å². The molecule has 13 heteroatoms. The first-order valence-electron chi connectivity index (χ1n) is 9.62. The van der Waals surface area contributed by atoms with Gasteiger partial charge in [-0.15, -0.1) is 13.2 Å². The minimum absolute atomic E-state index is 0.0300. The van der Waals surface area contributed by atoms with Gasteiger partial charge in [-0.3, -0.25) is 4.79 Å². The second-order valence-corrected chi connectivity index (χ2v) is 8.75. The van der Waals surface area contributed by atoms with Gasteiger partial charge >= 0.3 is 6.36 Å². The summed E-state index contributed by atoms with van der Waals surface area (Å²) in [6, 6.07) is 12.5. The third-order valence-electron chi connectivity index (χ3n) is 4.44. The molecular weight excluding hydrogens is 475 g/mol. The van der Waals surface area contributed by atoms with Crippen LogP contribution in [-0.2, 0) is 14.8 Å².